The normalized spacial score (nSPS) is 21.2. The van der Waals surface area contributed by atoms with E-state index in [0.717, 1.165) is 32.2 Å². The van der Waals surface area contributed by atoms with Crippen LogP contribution < -0.4 is 0 Å². The number of hydrogen-bond acceptors (Lipinski definition) is 4. The highest BCUT2D eigenvalue weighted by atomic mass is 32.2. The Hall–Kier alpha value is -0.980. The Kier molecular flexibility index (Phi) is 5.12. The van der Waals surface area contributed by atoms with Crippen LogP contribution in [0.4, 0.5) is 0 Å². The smallest absolute Gasteiger partial charge is 0.244 e. The molecular weight excluding hydrogens is 274 g/mol. The molecule has 0 unspecified atom stereocenters. The maximum Gasteiger partial charge on any atom is 0.244 e. The molecule has 6 heteroatoms. The van der Waals surface area contributed by atoms with E-state index in [9.17, 15) is 8.42 Å². The molecule has 2 rings (SSSR count). The lowest BCUT2D eigenvalue weighted by atomic mass is 10.0. The van der Waals surface area contributed by atoms with Crippen molar-refractivity contribution in [3.05, 3.63) is 24.5 Å². The van der Waals surface area contributed by atoms with Gasteiger partial charge in [0.1, 0.15) is 4.90 Å². The molecule has 0 amide bonds. The molecule has 2 heterocycles. The number of pyridine rings is 1. The molecule has 0 saturated carbocycles. The maximum atomic E-state index is 12.7. The molecule has 20 heavy (non-hydrogen) atoms. The second-order valence-electron chi connectivity index (χ2n) is 5.55. The van der Waals surface area contributed by atoms with Crippen molar-refractivity contribution in [2.75, 3.05) is 27.2 Å². The number of piperidine rings is 1. The van der Waals surface area contributed by atoms with Gasteiger partial charge in [0, 0.05) is 25.0 Å². The molecule has 0 spiro atoms. The summed E-state index contributed by atoms with van der Waals surface area (Å²) >= 11 is 0. The second-order valence-corrected chi connectivity index (χ2v) is 7.44. The Balaban J connectivity index is 2.19. The second kappa shape index (κ2) is 6.65. The molecule has 1 aromatic heterocycles. The first-order chi connectivity index (χ1) is 9.51. The lowest BCUT2D eigenvalue weighted by Gasteiger charge is -2.35. The van der Waals surface area contributed by atoms with Gasteiger partial charge >= 0.3 is 0 Å². The summed E-state index contributed by atoms with van der Waals surface area (Å²) in [5, 5.41) is 0. The molecule has 0 bridgehead atoms. The van der Waals surface area contributed by atoms with E-state index in [2.05, 4.69) is 9.88 Å². The molecule has 0 aliphatic carbocycles. The van der Waals surface area contributed by atoms with Crippen LogP contribution in [0, 0.1) is 0 Å². The molecule has 1 aromatic rings. The molecule has 1 fully saturated rings. The highest BCUT2D eigenvalue weighted by Crippen LogP contribution is 2.26. The molecule has 0 N–H and O–H groups in total. The van der Waals surface area contributed by atoms with Crippen LogP contribution >= 0.6 is 0 Å². The number of sulfonamides is 1. The summed E-state index contributed by atoms with van der Waals surface area (Å²) in [6.45, 7) is 1.53. The predicted octanol–water partition coefficient (Wildman–Crippen LogP) is 1.58. The Morgan fingerprint density at radius 1 is 1.40 bits per heavy atom. The van der Waals surface area contributed by atoms with E-state index in [-0.39, 0.29) is 6.04 Å². The Labute approximate surface area is 121 Å². The third kappa shape index (κ3) is 3.56. The minimum Gasteiger partial charge on any atom is -0.309 e. The van der Waals surface area contributed by atoms with Gasteiger partial charge in [-0.25, -0.2) is 8.42 Å². The fraction of sp³-hybridized carbons (Fsp3) is 0.643. The topological polar surface area (TPSA) is 53.5 Å². The van der Waals surface area contributed by atoms with Gasteiger partial charge in [0.15, 0.2) is 0 Å². The first kappa shape index (κ1) is 15.4. The highest BCUT2D eigenvalue weighted by molar-refractivity contribution is 7.89. The molecule has 1 saturated heterocycles. The highest BCUT2D eigenvalue weighted by Gasteiger charge is 2.33. The third-order valence-electron chi connectivity index (χ3n) is 3.72. The van der Waals surface area contributed by atoms with Gasteiger partial charge in [-0.05, 0) is 52.0 Å². The Morgan fingerprint density at radius 2 is 2.20 bits per heavy atom. The van der Waals surface area contributed by atoms with Crippen LogP contribution in [-0.4, -0.2) is 55.8 Å². The zero-order valence-corrected chi connectivity index (χ0v) is 13.0. The average Bonchev–Trinajstić information content (AvgIpc) is 2.46. The molecular formula is C14H23N3O2S. The van der Waals surface area contributed by atoms with Gasteiger partial charge in [0.2, 0.25) is 10.0 Å². The summed E-state index contributed by atoms with van der Waals surface area (Å²) in [5.74, 6) is 0. The summed E-state index contributed by atoms with van der Waals surface area (Å²) in [6.07, 6.45) is 6.92. The average molecular weight is 297 g/mol. The van der Waals surface area contributed by atoms with Crippen LogP contribution in [0.25, 0.3) is 0 Å². The van der Waals surface area contributed by atoms with Crippen molar-refractivity contribution in [2.24, 2.45) is 0 Å². The Morgan fingerprint density at radius 3 is 2.85 bits per heavy atom. The van der Waals surface area contributed by atoms with Gasteiger partial charge in [-0.2, -0.15) is 4.31 Å². The van der Waals surface area contributed by atoms with Crippen molar-refractivity contribution < 1.29 is 8.42 Å². The fourth-order valence-corrected chi connectivity index (χ4v) is 4.31. The van der Waals surface area contributed by atoms with E-state index in [1.54, 1.807) is 22.6 Å². The summed E-state index contributed by atoms with van der Waals surface area (Å²) in [5.41, 5.74) is 0. The molecule has 0 aromatic carbocycles. The van der Waals surface area contributed by atoms with Crippen LogP contribution in [0.3, 0.4) is 0 Å². The van der Waals surface area contributed by atoms with E-state index < -0.39 is 10.0 Å². The lowest BCUT2D eigenvalue weighted by molar-refractivity contribution is 0.222. The van der Waals surface area contributed by atoms with Crippen LogP contribution in [0.2, 0.25) is 0 Å². The van der Waals surface area contributed by atoms with Crippen molar-refractivity contribution >= 4 is 10.0 Å². The van der Waals surface area contributed by atoms with Crippen LogP contribution in [0.15, 0.2) is 29.4 Å². The maximum absolute atomic E-state index is 12.7. The lowest BCUT2D eigenvalue weighted by Crippen LogP contribution is -2.44. The molecule has 1 atom stereocenters. The van der Waals surface area contributed by atoms with Crippen molar-refractivity contribution in [3.8, 4) is 0 Å². The van der Waals surface area contributed by atoms with Gasteiger partial charge in [-0.15, -0.1) is 0 Å². The van der Waals surface area contributed by atoms with E-state index >= 15 is 0 Å². The third-order valence-corrected chi connectivity index (χ3v) is 5.66. The first-order valence-corrected chi connectivity index (χ1v) is 8.52. The minimum absolute atomic E-state index is 0.108. The summed E-state index contributed by atoms with van der Waals surface area (Å²) < 4.78 is 27.1. The summed E-state index contributed by atoms with van der Waals surface area (Å²) in [6, 6.07) is 3.40. The number of aromatic nitrogens is 1. The fourth-order valence-electron chi connectivity index (χ4n) is 2.62. The molecule has 5 nitrogen and oxygen atoms in total. The zero-order chi connectivity index (χ0) is 14.6. The molecule has 1 aliphatic heterocycles. The van der Waals surface area contributed by atoms with Crippen LogP contribution in [-0.2, 0) is 10.0 Å². The molecule has 0 radical (unpaired) electrons. The number of rotatable bonds is 5. The zero-order valence-electron chi connectivity index (χ0n) is 12.2. The molecule has 112 valence electrons. The predicted molar refractivity (Wildman–Crippen MR) is 78.9 cm³/mol. The van der Waals surface area contributed by atoms with Gasteiger partial charge < -0.3 is 4.90 Å². The van der Waals surface area contributed by atoms with E-state index in [4.69, 9.17) is 0 Å². The monoisotopic (exact) mass is 297 g/mol. The standard InChI is InChI=1S/C14H23N3O2S/c1-16(2)11-8-13-6-3-4-10-17(13)20(18,19)14-7-5-9-15-12-14/h5,7,9,12-13H,3-4,6,8,10-11H2,1-2H3/t13-/m1/s1. The van der Waals surface area contributed by atoms with Gasteiger partial charge in [0.25, 0.3) is 0 Å². The number of hydrogen-bond donors (Lipinski definition) is 0. The van der Waals surface area contributed by atoms with Crippen LogP contribution in [0.5, 0.6) is 0 Å². The van der Waals surface area contributed by atoms with Crippen molar-refractivity contribution in [3.63, 3.8) is 0 Å². The summed E-state index contributed by atoms with van der Waals surface area (Å²) in [4.78, 5) is 6.33. The van der Waals surface area contributed by atoms with Gasteiger partial charge in [-0.1, -0.05) is 6.42 Å². The van der Waals surface area contributed by atoms with Crippen molar-refractivity contribution in [1.82, 2.24) is 14.2 Å². The van der Waals surface area contributed by atoms with Crippen molar-refractivity contribution in [1.29, 1.82) is 0 Å². The SMILES string of the molecule is CN(C)CC[C@H]1CCCCN1S(=O)(=O)c1cccnc1. The quantitative estimate of drug-likeness (QED) is 0.828. The summed E-state index contributed by atoms with van der Waals surface area (Å²) in [7, 11) is 0.627. The largest absolute Gasteiger partial charge is 0.309 e. The molecule has 1 aliphatic rings. The van der Waals surface area contributed by atoms with Crippen molar-refractivity contribution in [2.45, 2.75) is 36.6 Å². The Bertz CT molecular complexity index is 516. The van der Waals surface area contributed by atoms with Gasteiger partial charge in [0.05, 0.1) is 0 Å². The van der Waals surface area contributed by atoms with Crippen LogP contribution in [0.1, 0.15) is 25.7 Å². The van der Waals surface area contributed by atoms with Gasteiger partial charge in [-0.3, -0.25) is 4.98 Å². The van der Waals surface area contributed by atoms with E-state index in [1.165, 1.54) is 6.20 Å². The number of nitrogens with zero attached hydrogens (tertiary/aromatic N) is 3. The van der Waals surface area contributed by atoms with E-state index in [0.29, 0.717) is 11.4 Å². The first-order valence-electron chi connectivity index (χ1n) is 7.08. The minimum atomic E-state index is -3.41. The van der Waals surface area contributed by atoms with E-state index in [1.807, 2.05) is 14.1 Å².